The zero-order valence-electron chi connectivity index (χ0n) is 14.2. The number of nitrogens with zero attached hydrogens (tertiary/aromatic N) is 1. The molecule has 1 aromatic heterocycles. The second kappa shape index (κ2) is 7.47. The van der Waals surface area contributed by atoms with Gasteiger partial charge < -0.3 is 10.2 Å². The van der Waals surface area contributed by atoms with Crippen LogP contribution in [0.3, 0.4) is 0 Å². The number of aliphatic hydroxyl groups is 1. The van der Waals surface area contributed by atoms with E-state index in [1.807, 2.05) is 31.2 Å². The lowest BCUT2D eigenvalue weighted by molar-refractivity contribution is -0.136. The number of hydrogen-bond acceptors (Lipinski definition) is 4. The molecule has 0 radical (unpaired) electrons. The third-order valence-electron chi connectivity index (χ3n) is 4.49. The first-order valence-corrected chi connectivity index (χ1v) is 9.42. The second-order valence-corrected chi connectivity index (χ2v) is 7.63. The Morgan fingerprint density at radius 1 is 1.36 bits per heavy atom. The number of carboxylic acids is 1. The van der Waals surface area contributed by atoms with E-state index in [0.717, 1.165) is 47.0 Å². The third kappa shape index (κ3) is 4.15. The summed E-state index contributed by atoms with van der Waals surface area (Å²) in [6.07, 6.45) is 5.74. The lowest BCUT2D eigenvalue weighted by Gasteiger charge is -2.13. The Bertz CT molecular complexity index is 847. The van der Waals surface area contributed by atoms with Crippen molar-refractivity contribution in [1.29, 1.82) is 0 Å². The predicted octanol–water partition coefficient (Wildman–Crippen LogP) is 3.85. The van der Waals surface area contributed by atoms with Crippen LogP contribution in [0.15, 0.2) is 35.4 Å². The fourth-order valence-corrected chi connectivity index (χ4v) is 4.04. The second-order valence-electron chi connectivity index (χ2n) is 6.38. The molecule has 0 aliphatic heterocycles. The van der Waals surface area contributed by atoms with Crippen LogP contribution < -0.4 is 0 Å². The Labute approximate surface area is 151 Å². The van der Waals surface area contributed by atoms with Crippen LogP contribution in [0.1, 0.15) is 44.6 Å². The fourth-order valence-electron chi connectivity index (χ4n) is 3.04. The molecule has 25 heavy (non-hydrogen) atoms. The average Bonchev–Trinajstić information content (AvgIpc) is 3.04. The van der Waals surface area contributed by atoms with E-state index in [4.69, 9.17) is 0 Å². The van der Waals surface area contributed by atoms with Gasteiger partial charge in [0.1, 0.15) is 10.9 Å². The zero-order chi connectivity index (χ0) is 17.9. The SMILES string of the molecule is CCC(Sc1ccnc2ccc(C#CC3(O)CCCC3)cc12)C(=O)O. The highest BCUT2D eigenvalue weighted by atomic mass is 32.2. The molecule has 0 saturated heterocycles. The summed E-state index contributed by atoms with van der Waals surface area (Å²) in [6, 6.07) is 7.57. The number of thioether (sulfide) groups is 1. The van der Waals surface area contributed by atoms with E-state index in [9.17, 15) is 15.0 Å². The minimum atomic E-state index is -0.863. The predicted molar refractivity (Wildman–Crippen MR) is 99.6 cm³/mol. The molecule has 1 atom stereocenters. The van der Waals surface area contributed by atoms with Gasteiger partial charge in [-0.3, -0.25) is 9.78 Å². The molecule has 1 heterocycles. The summed E-state index contributed by atoms with van der Waals surface area (Å²) < 4.78 is 0. The number of hydrogen-bond donors (Lipinski definition) is 2. The molecule has 0 bridgehead atoms. The van der Waals surface area contributed by atoms with Crippen LogP contribution in [0.25, 0.3) is 10.9 Å². The van der Waals surface area contributed by atoms with E-state index in [1.54, 1.807) is 6.20 Å². The summed E-state index contributed by atoms with van der Waals surface area (Å²) in [7, 11) is 0. The van der Waals surface area contributed by atoms with Gasteiger partial charge in [0.05, 0.1) is 5.52 Å². The Balaban J connectivity index is 1.94. The molecule has 0 spiro atoms. The zero-order valence-corrected chi connectivity index (χ0v) is 15.0. The highest BCUT2D eigenvalue weighted by Crippen LogP contribution is 2.32. The highest BCUT2D eigenvalue weighted by molar-refractivity contribution is 8.00. The van der Waals surface area contributed by atoms with E-state index in [1.165, 1.54) is 11.8 Å². The van der Waals surface area contributed by atoms with Crippen LogP contribution in [0.4, 0.5) is 0 Å². The van der Waals surface area contributed by atoms with Crippen molar-refractivity contribution >= 4 is 28.6 Å². The van der Waals surface area contributed by atoms with Gasteiger partial charge in [0, 0.05) is 22.0 Å². The minimum absolute atomic E-state index is 0.487. The van der Waals surface area contributed by atoms with Crippen LogP contribution >= 0.6 is 11.8 Å². The van der Waals surface area contributed by atoms with Gasteiger partial charge in [-0.2, -0.15) is 0 Å². The Hall–Kier alpha value is -2.03. The summed E-state index contributed by atoms with van der Waals surface area (Å²) in [5.41, 5.74) is 0.763. The number of aliphatic carboxylic acids is 1. The maximum Gasteiger partial charge on any atom is 0.316 e. The van der Waals surface area contributed by atoms with Gasteiger partial charge in [0.15, 0.2) is 0 Å². The van der Waals surface area contributed by atoms with Gasteiger partial charge in [-0.1, -0.05) is 18.8 Å². The topological polar surface area (TPSA) is 70.4 Å². The van der Waals surface area contributed by atoms with Gasteiger partial charge >= 0.3 is 5.97 Å². The Kier molecular flexibility index (Phi) is 5.31. The molecule has 0 amide bonds. The average molecular weight is 355 g/mol. The smallest absolute Gasteiger partial charge is 0.316 e. The quantitative estimate of drug-likeness (QED) is 0.644. The van der Waals surface area contributed by atoms with Crippen LogP contribution in [0, 0.1) is 11.8 Å². The van der Waals surface area contributed by atoms with Crippen molar-refractivity contribution in [3.05, 3.63) is 36.0 Å². The molecule has 3 rings (SSSR count). The molecule has 2 N–H and O–H groups in total. The maximum absolute atomic E-state index is 11.3. The Morgan fingerprint density at radius 3 is 2.80 bits per heavy atom. The first-order chi connectivity index (χ1) is 12.0. The molecular formula is C20H21NO3S. The van der Waals surface area contributed by atoms with Gasteiger partial charge in [-0.25, -0.2) is 0 Å². The number of fused-ring (bicyclic) bond motifs is 1. The third-order valence-corrected chi connectivity index (χ3v) is 5.92. The van der Waals surface area contributed by atoms with E-state index >= 15 is 0 Å². The van der Waals surface area contributed by atoms with E-state index < -0.39 is 16.8 Å². The summed E-state index contributed by atoms with van der Waals surface area (Å²) in [4.78, 5) is 16.6. The molecule has 5 heteroatoms. The normalized spacial score (nSPS) is 17.0. The van der Waals surface area contributed by atoms with Crippen molar-refractivity contribution in [3.8, 4) is 11.8 Å². The number of rotatable bonds is 4. The van der Waals surface area contributed by atoms with Crippen molar-refractivity contribution in [1.82, 2.24) is 4.98 Å². The van der Waals surface area contributed by atoms with E-state index in [-0.39, 0.29) is 0 Å². The van der Waals surface area contributed by atoms with Crippen molar-refractivity contribution in [2.75, 3.05) is 0 Å². The van der Waals surface area contributed by atoms with Crippen molar-refractivity contribution < 1.29 is 15.0 Å². The minimum Gasteiger partial charge on any atom is -0.480 e. The molecule has 1 aromatic carbocycles. The van der Waals surface area contributed by atoms with E-state index in [0.29, 0.717) is 6.42 Å². The van der Waals surface area contributed by atoms with Crippen molar-refractivity contribution in [2.24, 2.45) is 0 Å². The number of benzene rings is 1. The van der Waals surface area contributed by atoms with Gasteiger partial charge in [-0.05, 0) is 56.4 Å². The Morgan fingerprint density at radius 2 is 2.12 bits per heavy atom. The molecule has 1 aliphatic rings. The summed E-state index contributed by atoms with van der Waals surface area (Å²) >= 11 is 1.34. The molecule has 2 aromatic rings. The van der Waals surface area contributed by atoms with Crippen LogP contribution in [-0.2, 0) is 4.79 Å². The maximum atomic E-state index is 11.3. The summed E-state index contributed by atoms with van der Waals surface area (Å²) in [5, 5.41) is 20.1. The number of aromatic nitrogens is 1. The van der Waals surface area contributed by atoms with Gasteiger partial charge in [0.2, 0.25) is 0 Å². The number of pyridine rings is 1. The highest BCUT2D eigenvalue weighted by Gasteiger charge is 2.28. The lowest BCUT2D eigenvalue weighted by atomic mass is 10.0. The number of carbonyl (C=O) groups is 1. The van der Waals surface area contributed by atoms with Crippen molar-refractivity contribution in [3.63, 3.8) is 0 Å². The molecule has 1 unspecified atom stereocenters. The first kappa shape index (κ1) is 17.8. The van der Waals surface area contributed by atoms with Crippen LogP contribution in [-0.4, -0.2) is 32.0 Å². The number of carboxylic acid groups (broad SMARTS) is 1. The molecular weight excluding hydrogens is 334 g/mol. The van der Waals surface area contributed by atoms with Crippen molar-refractivity contribution in [2.45, 2.75) is 54.8 Å². The largest absolute Gasteiger partial charge is 0.480 e. The summed E-state index contributed by atoms with van der Waals surface area (Å²) in [5.74, 6) is 5.29. The molecule has 1 saturated carbocycles. The summed E-state index contributed by atoms with van der Waals surface area (Å²) in [6.45, 7) is 1.87. The molecule has 4 nitrogen and oxygen atoms in total. The van der Waals surface area contributed by atoms with Crippen LogP contribution in [0.5, 0.6) is 0 Å². The lowest BCUT2D eigenvalue weighted by Crippen LogP contribution is -2.20. The standard InChI is InChI=1S/C20H21NO3S/c1-2-17(19(22)23)25-18-8-12-21-16-6-5-14(13-15(16)18)7-11-20(24)9-3-4-10-20/h5-6,8,12-13,17,24H,2-4,9-10H2,1H3,(H,22,23). The van der Waals surface area contributed by atoms with Gasteiger partial charge in [0.25, 0.3) is 0 Å². The molecule has 1 aliphatic carbocycles. The van der Waals surface area contributed by atoms with Gasteiger partial charge in [-0.15, -0.1) is 11.8 Å². The van der Waals surface area contributed by atoms with Crippen LogP contribution in [0.2, 0.25) is 0 Å². The van der Waals surface area contributed by atoms with E-state index in [2.05, 4.69) is 16.8 Å². The molecule has 130 valence electrons. The monoisotopic (exact) mass is 355 g/mol. The fraction of sp³-hybridized carbons (Fsp3) is 0.400. The first-order valence-electron chi connectivity index (χ1n) is 8.54. The molecule has 1 fully saturated rings.